The van der Waals surface area contributed by atoms with Crippen molar-refractivity contribution < 1.29 is 50.3 Å². The van der Waals surface area contributed by atoms with Gasteiger partial charge in [-0.2, -0.15) is 14.9 Å². The molecule has 0 unspecified atom stereocenters. The van der Waals surface area contributed by atoms with Crippen LogP contribution in [0, 0.1) is 5.92 Å². The first-order valence-electron chi connectivity index (χ1n) is 2.69. The Morgan fingerprint density at radius 1 is 1.17 bits per heavy atom. The quantitative estimate of drug-likeness (QED) is 0.496. The van der Waals surface area contributed by atoms with Crippen molar-refractivity contribution in [2.75, 3.05) is 0 Å². The van der Waals surface area contributed by atoms with Gasteiger partial charge >= 0.3 is 0 Å². The van der Waals surface area contributed by atoms with Gasteiger partial charge in [-0.3, -0.25) is 8.78 Å². The molecule has 0 bridgehead atoms. The van der Waals surface area contributed by atoms with Crippen molar-refractivity contribution in [3.8, 4) is 0 Å². The Bertz CT molecular complexity index is 134. The molecule has 0 saturated heterocycles. The van der Waals surface area contributed by atoms with Crippen molar-refractivity contribution in [2.45, 2.75) is 13.8 Å². The fraction of sp³-hybridized carbons (Fsp3) is 0.286. The van der Waals surface area contributed by atoms with Crippen LogP contribution in [0.5, 0.6) is 0 Å². The molecule has 0 aliphatic heterocycles. The van der Waals surface area contributed by atoms with Crippen LogP contribution in [-0.4, -0.2) is 0 Å². The third kappa shape index (κ3) is 49.1. The van der Waals surface area contributed by atoms with E-state index in [1.165, 1.54) is 0 Å². The minimum Gasteiger partial charge on any atom is -0.289 e. The first-order chi connectivity index (χ1) is 4.86. The zero-order chi connectivity index (χ0) is 9.44. The van der Waals surface area contributed by atoms with Gasteiger partial charge in [0.15, 0.2) is 0 Å². The molecule has 0 rings (SSSR count). The minimum atomic E-state index is -1.83. The Morgan fingerprint density at radius 3 is 1.42 bits per heavy atom. The smallest absolute Gasteiger partial charge is 0.263 e. The molecule has 0 atom stereocenters. The van der Waals surface area contributed by atoms with Gasteiger partial charge in [-0.25, -0.2) is 5.92 Å². The van der Waals surface area contributed by atoms with Crippen LogP contribution in [0.3, 0.4) is 0 Å². The zero-order valence-corrected chi connectivity index (χ0v) is 9.71. The van der Waals surface area contributed by atoms with Gasteiger partial charge in [0.25, 0.3) is 6.08 Å². The Kier molecular flexibility index (Phi) is 16.8. The maximum atomic E-state index is 11.1. The van der Waals surface area contributed by atoms with Crippen molar-refractivity contribution in [1.82, 2.24) is 0 Å². The largest absolute Gasteiger partial charge is 0.289 e. The fourth-order valence-electron chi connectivity index (χ4n) is 0.218. The third-order valence-electron chi connectivity index (χ3n) is 0.398. The molecule has 0 N–H and O–H groups in total. The van der Waals surface area contributed by atoms with Crippen LogP contribution in [0.2, 0.25) is 0 Å². The first-order valence-corrected chi connectivity index (χ1v) is 2.69. The van der Waals surface area contributed by atoms with Crippen molar-refractivity contribution in [1.29, 1.82) is 0 Å². The van der Waals surface area contributed by atoms with E-state index in [2.05, 4.69) is 6.58 Å². The zero-order valence-electron chi connectivity index (χ0n) is 6.87. The van der Waals surface area contributed by atoms with E-state index >= 15 is 0 Å². The first kappa shape index (κ1) is 18.1. The van der Waals surface area contributed by atoms with E-state index in [9.17, 15) is 17.6 Å². The predicted octanol–water partition coefficient (Wildman–Crippen LogP) is 3.78. The summed E-state index contributed by atoms with van der Waals surface area (Å²) in [5.41, 5.74) is 0. The predicted molar refractivity (Wildman–Crippen MR) is 36.2 cm³/mol. The van der Waals surface area contributed by atoms with E-state index in [1.807, 2.05) is 0 Å². The monoisotopic (exact) mass is 258 g/mol. The van der Waals surface area contributed by atoms with Crippen molar-refractivity contribution in [3.05, 3.63) is 30.7 Å². The van der Waals surface area contributed by atoms with Crippen LogP contribution >= 0.6 is 0 Å². The van der Waals surface area contributed by atoms with Gasteiger partial charge in [-0.15, -0.1) is 13.8 Å². The molecule has 0 aromatic rings. The van der Waals surface area contributed by atoms with Gasteiger partial charge in [-0.05, 0) is 6.58 Å². The van der Waals surface area contributed by atoms with Crippen LogP contribution in [-0.2, 0) is 32.7 Å². The summed E-state index contributed by atoms with van der Waals surface area (Å²) in [6.07, 6.45) is -2.62. The number of hydrogen-bond acceptors (Lipinski definition) is 0. The molecule has 69 valence electrons. The topological polar surface area (TPSA) is 0 Å². The van der Waals surface area contributed by atoms with E-state index in [1.54, 1.807) is 13.8 Å². The number of hydrogen-bond donors (Lipinski definition) is 0. The van der Waals surface area contributed by atoms with Crippen LogP contribution in [0.4, 0.5) is 17.6 Å². The summed E-state index contributed by atoms with van der Waals surface area (Å²) < 4.78 is 42.5. The summed E-state index contributed by atoms with van der Waals surface area (Å²) in [6, 6.07) is 0. The number of allylic oxidation sites excluding steroid dienone is 1. The number of rotatable bonds is 1. The average molecular weight is 258 g/mol. The van der Waals surface area contributed by atoms with Crippen LogP contribution in [0.1, 0.15) is 13.8 Å². The standard InChI is InChI=1S/C5H7F2.C2H2F2.Y/c1-4(2)3-5(6)7;1-2(3)4;/h3H,1-2H3;1H2;/q-1;;. The Hall–Kier alpha value is 0.174. The molecule has 0 saturated carbocycles. The maximum Gasteiger partial charge on any atom is 0.263 e. The molecule has 0 heterocycles. The van der Waals surface area contributed by atoms with E-state index in [4.69, 9.17) is 0 Å². The van der Waals surface area contributed by atoms with E-state index in [0.29, 0.717) is 5.92 Å². The SMILES string of the molecule is C=C(F)F.C[C-](C)C=C(F)F.[Y]. The molecule has 0 amide bonds. The van der Waals surface area contributed by atoms with Crippen molar-refractivity contribution in [3.63, 3.8) is 0 Å². The summed E-state index contributed by atoms with van der Waals surface area (Å²) >= 11 is 0. The van der Waals surface area contributed by atoms with Gasteiger partial charge in [-0.1, -0.05) is 0 Å². The molecule has 0 aromatic carbocycles. The molecule has 0 aromatic heterocycles. The molecule has 0 spiro atoms. The van der Waals surface area contributed by atoms with E-state index in [0.717, 1.165) is 6.08 Å². The molecule has 0 aliphatic carbocycles. The van der Waals surface area contributed by atoms with Gasteiger partial charge < -0.3 is 0 Å². The molecule has 0 aliphatic rings. The summed E-state index contributed by atoms with van der Waals surface area (Å²) in [7, 11) is 0. The molecule has 5 heteroatoms. The second-order valence-corrected chi connectivity index (χ2v) is 1.85. The minimum absolute atomic E-state index is 0. The van der Waals surface area contributed by atoms with Crippen LogP contribution in [0.15, 0.2) is 24.8 Å². The maximum absolute atomic E-state index is 11.1. The number of halogens is 4. The van der Waals surface area contributed by atoms with Crippen LogP contribution in [0.25, 0.3) is 0 Å². The van der Waals surface area contributed by atoms with Crippen molar-refractivity contribution >= 4 is 0 Å². The average Bonchev–Trinajstić information content (AvgIpc) is 1.56. The van der Waals surface area contributed by atoms with Gasteiger partial charge in [0.1, 0.15) is 6.08 Å². The van der Waals surface area contributed by atoms with Crippen molar-refractivity contribution in [2.24, 2.45) is 0 Å². The summed E-state index contributed by atoms with van der Waals surface area (Å²) in [6.45, 7) is 5.47. The third-order valence-corrected chi connectivity index (χ3v) is 0.398. The van der Waals surface area contributed by atoms with Gasteiger partial charge in [0.2, 0.25) is 0 Å². The molecule has 1 radical (unpaired) electrons. The normalized spacial score (nSPS) is 6.83. The molecule has 12 heavy (non-hydrogen) atoms. The summed E-state index contributed by atoms with van der Waals surface area (Å²) in [4.78, 5) is 0. The van der Waals surface area contributed by atoms with Gasteiger partial charge in [0, 0.05) is 32.7 Å². The summed E-state index contributed by atoms with van der Waals surface area (Å²) in [5.74, 6) is 0.625. The van der Waals surface area contributed by atoms with Gasteiger partial charge in [0.05, 0.1) is 0 Å². The molecular formula is C7H9F4Y-. The second-order valence-electron chi connectivity index (χ2n) is 1.85. The molecular weight excluding hydrogens is 249 g/mol. The van der Waals surface area contributed by atoms with Crippen LogP contribution < -0.4 is 0 Å². The molecule has 0 nitrogen and oxygen atoms in total. The van der Waals surface area contributed by atoms with E-state index in [-0.39, 0.29) is 32.7 Å². The van der Waals surface area contributed by atoms with E-state index < -0.39 is 12.2 Å². The summed E-state index contributed by atoms with van der Waals surface area (Å²) in [5, 5.41) is 0. The molecule has 0 fully saturated rings. The Balaban J connectivity index is -0.000000142. The Morgan fingerprint density at radius 2 is 1.42 bits per heavy atom. The fourth-order valence-corrected chi connectivity index (χ4v) is 0.218. The second kappa shape index (κ2) is 11.2. The Labute approximate surface area is 94.6 Å².